The lowest BCUT2D eigenvalue weighted by Gasteiger charge is -2.28. The summed E-state index contributed by atoms with van der Waals surface area (Å²) in [7, 11) is 0. The summed E-state index contributed by atoms with van der Waals surface area (Å²) in [6.45, 7) is 5.08. The number of nitrogens with one attached hydrogen (secondary N) is 1. The molecule has 0 saturated carbocycles. The topological polar surface area (TPSA) is 32.3 Å². The highest BCUT2D eigenvalue weighted by Crippen LogP contribution is 2.21. The van der Waals surface area contributed by atoms with Gasteiger partial charge in [-0.05, 0) is 38.6 Å². The summed E-state index contributed by atoms with van der Waals surface area (Å²) in [6, 6.07) is 0.528. The molecule has 2 aliphatic rings. The van der Waals surface area contributed by atoms with Crippen LogP contribution in [-0.4, -0.2) is 36.5 Å². The van der Waals surface area contributed by atoms with Crippen molar-refractivity contribution in [3.63, 3.8) is 0 Å². The second-order valence-electron chi connectivity index (χ2n) is 5.22. The monoisotopic (exact) mass is 236 g/mol. The molecule has 17 heavy (non-hydrogen) atoms. The molecular weight excluding hydrogens is 212 g/mol. The molecule has 2 rings (SSSR count). The molecule has 0 aromatic carbocycles. The van der Waals surface area contributed by atoms with Gasteiger partial charge in [-0.1, -0.05) is 19.1 Å². The van der Waals surface area contributed by atoms with Gasteiger partial charge in [-0.25, -0.2) is 0 Å². The highest BCUT2D eigenvalue weighted by molar-refractivity contribution is 5.79. The second kappa shape index (κ2) is 6.20. The normalized spacial score (nSPS) is 24.4. The molecule has 0 bridgehead atoms. The quantitative estimate of drug-likeness (QED) is 0.740. The molecule has 1 saturated heterocycles. The van der Waals surface area contributed by atoms with Crippen LogP contribution < -0.4 is 5.32 Å². The van der Waals surface area contributed by atoms with Gasteiger partial charge in [-0.15, -0.1) is 0 Å². The Morgan fingerprint density at radius 1 is 1.41 bits per heavy atom. The Balaban J connectivity index is 1.87. The fourth-order valence-corrected chi connectivity index (χ4v) is 2.82. The molecular formula is C14H24N2O. The average Bonchev–Trinajstić information content (AvgIpc) is 3.00. The number of amides is 1. The Morgan fingerprint density at radius 2 is 2.18 bits per heavy atom. The highest BCUT2D eigenvalue weighted by Gasteiger charge is 2.27. The van der Waals surface area contributed by atoms with Crippen LogP contribution in [0.15, 0.2) is 12.2 Å². The van der Waals surface area contributed by atoms with Crippen LogP contribution in [0.5, 0.6) is 0 Å². The van der Waals surface area contributed by atoms with Gasteiger partial charge in [0.25, 0.3) is 0 Å². The van der Waals surface area contributed by atoms with Crippen molar-refractivity contribution < 1.29 is 4.79 Å². The van der Waals surface area contributed by atoms with Crippen molar-refractivity contribution in [2.75, 3.05) is 19.6 Å². The maximum Gasteiger partial charge on any atom is 0.226 e. The van der Waals surface area contributed by atoms with Crippen molar-refractivity contribution in [3.05, 3.63) is 12.2 Å². The first-order chi connectivity index (χ1) is 8.31. The second-order valence-corrected chi connectivity index (χ2v) is 5.22. The van der Waals surface area contributed by atoms with Crippen LogP contribution in [0, 0.1) is 5.92 Å². The number of carbonyl (C=O) groups is 1. The van der Waals surface area contributed by atoms with Crippen molar-refractivity contribution in [1.82, 2.24) is 10.2 Å². The van der Waals surface area contributed by atoms with Crippen molar-refractivity contribution >= 4 is 5.91 Å². The molecule has 3 nitrogen and oxygen atoms in total. The van der Waals surface area contributed by atoms with E-state index in [0.717, 1.165) is 38.9 Å². The van der Waals surface area contributed by atoms with E-state index in [1.165, 1.54) is 12.8 Å². The Bertz CT molecular complexity index is 274. The molecule has 0 aromatic heterocycles. The lowest BCUT2D eigenvalue weighted by atomic mass is 10.0. The van der Waals surface area contributed by atoms with Gasteiger partial charge in [0.2, 0.25) is 5.91 Å². The van der Waals surface area contributed by atoms with Gasteiger partial charge in [-0.3, -0.25) is 4.79 Å². The molecule has 1 N–H and O–H groups in total. The minimum Gasteiger partial charge on any atom is -0.341 e. The predicted molar refractivity (Wildman–Crippen MR) is 69.8 cm³/mol. The zero-order valence-corrected chi connectivity index (χ0v) is 10.8. The van der Waals surface area contributed by atoms with Gasteiger partial charge in [-0.2, -0.15) is 0 Å². The predicted octanol–water partition coefficient (Wildman–Crippen LogP) is 1.94. The average molecular weight is 236 g/mol. The SMILES string of the molecule is CCCN(CC1CCCN1)C(=O)C1CC=CC1. The van der Waals surface area contributed by atoms with E-state index >= 15 is 0 Å². The van der Waals surface area contributed by atoms with E-state index in [9.17, 15) is 4.79 Å². The first-order valence-electron chi connectivity index (χ1n) is 6.98. The van der Waals surface area contributed by atoms with E-state index in [1.54, 1.807) is 0 Å². The lowest BCUT2D eigenvalue weighted by molar-refractivity contribution is -0.135. The maximum atomic E-state index is 12.4. The molecule has 1 heterocycles. The van der Waals surface area contributed by atoms with Crippen LogP contribution in [0.4, 0.5) is 0 Å². The summed E-state index contributed by atoms with van der Waals surface area (Å²) >= 11 is 0. The molecule has 0 radical (unpaired) electrons. The largest absolute Gasteiger partial charge is 0.341 e. The number of rotatable bonds is 5. The molecule has 96 valence electrons. The molecule has 1 atom stereocenters. The Morgan fingerprint density at radius 3 is 2.76 bits per heavy atom. The first kappa shape index (κ1) is 12.6. The fraction of sp³-hybridized carbons (Fsp3) is 0.786. The van der Waals surface area contributed by atoms with Crippen molar-refractivity contribution in [1.29, 1.82) is 0 Å². The summed E-state index contributed by atoms with van der Waals surface area (Å²) < 4.78 is 0. The maximum absolute atomic E-state index is 12.4. The molecule has 3 heteroatoms. The third-order valence-corrected chi connectivity index (χ3v) is 3.77. The molecule has 1 unspecified atom stereocenters. The highest BCUT2D eigenvalue weighted by atomic mass is 16.2. The van der Waals surface area contributed by atoms with Gasteiger partial charge in [0.1, 0.15) is 0 Å². The molecule has 1 fully saturated rings. The summed E-state index contributed by atoms with van der Waals surface area (Å²) in [6.07, 6.45) is 9.69. The molecule has 1 aliphatic heterocycles. The summed E-state index contributed by atoms with van der Waals surface area (Å²) in [4.78, 5) is 14.5. The van der Waals surface area contributed by atoms with Crippen LogP contribution >= 0.6 is 0 Å². The van der Waals surface area contributed by atoms with E-state index in [4.69, 9.17) is 0 Å². The standard InChI is InChI=1S/C14H24N2O/c1-2-10-16(11-13-8-5-9-15-13)14(17)12-6-3-4-7-12/h3-4,12-13,15H,2,5-11H2,1H3. The van der Waals surface area contributed by atoms with Crippen molar-refractivity contribution in [2.45, 2.75) is 45.1 Å². The lowest BCUT2D eigenvalue weighted by Crippen LogP contribution is -2.43. The molecule has 0 aromatic rings. The van der Waals surface area contributed by atoms with Crippen LogP contribution in [0.2, 0.25) is 0 Å². The minimum atomic E-state index is 0.225. The molecule has 0 spiro atoms. The van der Waals surface area contributed by atoms with Gasteiger partial charge in [0, 0.05) is 25.0 Å². The van der Waals surface area contributed by atoms with Crippen molar-refractivity contribution in [2.24, 2.45) is 5.92 Å². The van der Waals surface area contributed by atoms with Gasteiger partial charge >= 0.3 is 0 Å². The van der Waals surface area contributed by atoms with Crippen LogP contribution in [0.1, 0.15) is 39.0 Å². The zero-order valence-electron chi connectivity index (χ0n) is 10.8. The smallest absolute Gasteiger partial charge is 0.226 e. The van der Waals surface area contributed by atoms with Gasteiger partial charge < -0.3 is 10.2 Å². The Kier molecular flexibility index (Phi) is 4.60. The number of hydrogen-bond donors (Lipinski definition) is 1. The Labute approximate surface area is 104 Å². The van der Waals surface area contributed by atoms with Gasteiger partial charge in [0.05, 0.1) is 0 Å². The number of carbonyl (C=O) groups excluding carboxylic acids is 1. The van der Waals surface area contributed by atoms with Crippen molar-refractivity contribution in [3.8, 4) is 0 Å². The number of hydrogen-bond acceptors (Lipinski definition) is 2. The molecule has 1 aliphatic carbocycles. The van der Waals surface area contributed by atoms with E-state index in [2.05, 4.69) is 29.3 Å². The van der Waals surface area contributed by atoms with Crippen LogP contribution in [0.3, 0.4) is 0 Å². The van der Waals surface area contributed by atoms with Gasteiger partial charge in [0.15, 0.2) is 0 Å². The van der Waals surface area contributed by atoms with E-state index < -0.39 is 0 Å². The summed E-state index contributed by atoms with van der Waals surface area (Å²) in [5, 5.41) is 3.48. The van der Waals surface area contributed by atoms with Crippen LogP contribution in [-0.2, 0) is 4.79 Å². The third-order valence-electron chi connectivity index (χ3n) is 3.77. The van der Waals surface area contributed by atoms with E-state index in [-0.39, 0.29) is 5.92 Å². The molecule has 1 amide bonds. The van der Waals surface area contributed by atoms with Crippen LogP contribution in [0.25, 0.3) is 0 Å². The first-order valence-corrected chi connectivity index (χ1v) is 6.98. The zero-order chi connectivity index (χ0) is 12.1. The summed E-state index contributed by atoms with van der Waals surface area (Å²) in [5.41, 5.74) is 0. The summed E-state index contributed by atoms with van der Waals surface area (Å²) in [5.74, 6) is 0.591. The van der Waals surface area contributed by atoms with E-state index in [1.807, 2.05) is 0 Å². The van der Waals surface area contributed by atoms with E-state index in [0.29, 0.717) is 11.9 Å². The number of allylic oxidation sites excluding steroid dienone is 2. The fourth-order valence-electron chi connectivity index (χ4n) is 2.82. The number of nitrogens with zero attached hydrogens (tertiary/aromatic N) is 1. The Hall–Kier alpha value is -0.830. The third kappa shape index (κ3) is 3.32. The minimum absolute atomic E-state index is 0.225.